The summed E-state index contributed by atoms with van der Waals surface area (Å²) in [5.41, 5.74) is 1.57. The van der Waals surface area contributed by atoms with Gasteiger partial charge in [0.05, 0.1) is 16.7 Å². The van der Waals surface area contributed by atoms with Crippen LogP contribution in [0, 0.1) is 17.0 Å². The van der Waals surface area contributed by atoms with E-state index in [1.54, 1.807) is 19.1 Å². The Morgan fingerprint density at radius 1 is 1.53 bits per heavy atom. The predicted molar refractivity (Wildman–Crippen MR) is 77.6 cm³/mol. The zero-order valence-electron chi connectivity index (χ0n) is 11.0. The summed E-state index contributed by atoms with van der Waals surface area (Å²) in [4.78, 5) is 10.6. The Kier molecular flexibility index (Phi) is 4.42. The van der Waals surface area contributed by atoms with Crippen molar-refractivity contribution in [3.63, 3.8) is 0 Å². The number of nitro groups is 1. The zero-order chi connectivity index (χ0) is 14.0. The van der Waals surface area contributed by atoms with Crippen LogP contribution in [0.4, 0.5) is 11.4 Å². The lowest BCUT2D eigenvalue weighted by molar-refractivity contribution is -0.385. The van der Waals surface area contributed by atoms with Crippen LogP contribution in [-0.2, 0) is 4.74 Å². The molecule has 6 heteroatoms. The Hall–Kier alpha value is -1.14. The van der Waals surface area contributed by atoms with Gasteiger partial charge in [-0.2, -0.15) is 0 Å². The molecule has 1 N–H and O–H groups in total. The van der Waals surface area contributed by atoms with Crippen LogP contribution in [0.1, 0.15) is 25.3 Å². The van der Waals surface area contributed by atoms with Crippen LogP contribution in [0.15, 0.2) is 16.6 Å². The second-order valence-electron chi connectivity index (χ2n) is 4.92. The van der Waals surface area contributed by atoms with Gasteiger partial charge in [0.25, 0.3) is 5.69 Å². The first-order valence-electron chi connectivity index (χ1n) is 6.30. The van der Waals surface area contributed by atoms with E-state index in [-0.39, 0.29) is 16.7 Å². The average molecular weight is 329 g/mol. The van der Waals surface area contributed by atoms with E-state index in [0.29, 0.717) is 11.6 Å². The van der Waals surface area contributed by atoms with Crippen LogP contribution in [-0.4, -0.2) is 23.7 Å². The Balaban J connectivity index is 2.19. The maximum absolute atomic E-state index is 11.0. The molecule has 104 valence electrons. The number of nitro benzene ring substituents is 1. The topological polar surface area (TPSA) is 64.4 Å². The lowest BCUT2D eigenvalue weighted by Crippen LogP contribution is -2.32. The van der Waals surface area contributed by atoms with Crippen molar-refractivity contribution in [3.05, 3.63) is 32.3 Å². The Morgan fingerprint density at radius 3 is 2.89 bits per heavy atom. The number of nitrogens with zero attached hydrogens (tertiary/aromatic N) is 1. The molecule has 2 unspecified atom stereocenters. The van der Waals surface area contributed by atoms with E-state index in [2.05, 4.69) is 21.2 Å². The standard InChI is InChI=1S/C13H17BrN2O3/c1-8-5-11(14)12(7-13(8)16(17)18)15-10-3-4-19-9(2)6-10/h5,7,9-10,15H,3-4,6H2,1-2H3. The Labute approximate surface area is 120 Å². The second-order valence-corrected chi connectivity index (χ2v) is 5.78. The van der Waals surface area contributed by atoms with Gasteiger partial charge in [-0.05, 0) is 48.7 Å². The SMILES string of the molecule is Cc1cc(Br)c(NC2CCOC(C)C2)cc1[N+](=O)[O-]. The number of hydrogen-bond donors (Lipinski definition) is 1. The molecule has 0 bridgehead atoms. The summed E-state index contributed by atoms with van der Waals surface area (Å²) in [5.74, 6) is 0. The first-order chi connectivity index (χ1) is 8.97. The van der Waals surface area contributed by atoms with Gasteiger partial charge in [0.1, 0.15) is 0 Å². The molecule has 1 aliphatic heterocycles. The third-order valence-corrected chi connectivity index (χ3v) is 3.98. The van der Waals surface area contributed by atoms with Crippen LogP contribution in [0.25, 0.3) is 0 Å². The fraction of sp³-hybridized carbons (Fsp3) is 0.538. The molecule has 0 aliphatic carbocycles. The van der Waals surface area contributed by atoms with Crippen molar-refractivity contribution >= 4 is 27.3 Å². The molecule has 0 aromatic heterocycles. The van der Waals surface area contributed by atoms with Crippen LogP contribution in [0.2, 0.25) is 0 Å². The molecule has 1 saturated heterocycles. The third-order valence-electron chi connectivity index (χ3n) is 3.33. The van der Waals surface area contributed by atoms with Crippen LogP contribution in [0.3, 0.4) is 0 Å². The van der Waals surface area contributed by atoms with Gasteiger partial charge in [-0.1, -0.05) is 0 Å². The largest absolute Gasteiger partial charge is 0.381 e. The van der Waals surface area contributed by atoms with Crippen molar-refractivity contribution in [2.45, 2.75) is 38.8 Å². The molecule has 0 saturated carbocycles. The number of anilines is 1. The summed E-state index contributed by atoms with van der Waals surface area (Å²) in [6.07, 6.45) is 2.05. The minimum atomic E-state index is -0.348. The normalized spacial score (nSPS) is 23.1. The lowest BCUT2D eigenvalue weighted by atomic mass is 10.0. The molecule has 1 aliphatic rings. The number of halogens is 1. The molecular formula is C13H17BrN2O3. The smallest absolute Gasteiger partial charge is 0.274 e. The number of rotatable bonds is 3. The monoisotopic (exact) mass is 328 g/mol. The fourth-order valence-electron chi connectivity index (χ4n) is 2.32. The second kappa shape index (κ2) is 5.88. The van der Waals surface area contributed by atoms with Gasteiger partial charge in [0.15, 0.2) is 0 Å². The van der Waals surface area contributed by atoms with E-state index in [9.17, 15) is 10.1 Å². The van der Waals surface area contributed by atoms with Crippen molar-refractivity contribution in [2.24, 2.45) is 0 Å². The number of ether oxygens (including phenoxy) is 1. The summed E-state index contributed by atoms with van der Waals surface area (Å²) in [5, 5.41) is 14.3. The van der Waals surface area contributed by atoms with Gasteiger partial charge in [-0.25, -0.2) is 0 Å². The zero-order valence-corrected chi connectivity index (χ0v) is 12.6. The number of aryl methyl sites for hydroxylation is 1. The third kappa shape index (κ3) is 3.45. The van der Waals surface area contributed by atoms with Gasteiger partial charge in [0.2, 0.25) is 0 Å². The number of benzene rings is 1. The van der Waals surface area contributed by atoms with Crippen molar-refractivity contribution < 1.29 is 9.66 Å². The van der Waals surface area contributed by atoms with Gasteiger partial charge in [-0.3, -0.25) is 10.1 Å². The first kappa shape index (κ1) is 14.3. The van der Waals surface area contributed by atoms with Gasteiger partial charge >= 0.3 is 0 Å². The molecule has 1 fully saturated rings. The van der Waals surface area contributed by atoms with Gasteiger partial charge in [0, 0.05) is 28.8 Å². The van der Waals surface area contributed by atoms with Crippen molar-refractivity contribution in [3.8, 4) is 0 Å². The minimum absolute atomic E-state index is 0.144. The first-order valence-corrected chi connectivity index (χ1v) is 7.09. The van der Waals surface area contributed by atoms with E-state index in [1.807, 2.05) is 6.92 Å². The van der Waals surface area contributed by atoms with Gasteiger partial charge < -0.3 is 10.1 Å². The lowest BCUT2D eigenvalue weighted by Gasteiger charge is -2.29. The van der Waals surface area contributed by atoms with Gasteiger partial charge in [-0.15, -0.1) is 0 Å². The van der Waals surface area contributed by atoms with E-state index >= 15 is 0 Å². The average Bonchev–Trinajstić information content (AvgIpc) is 2.32. The summed E-state index contributed by atoms with van der Waals surface area (Å²) >= 11 is 3.46. The van der Waals surface area contributed by atoms with Crippen molar-refractivity contribution in [2.75, 3.05) is 11.9 Å². The maximum atomic E-state index is 11.0. The Bertz CT molecular complexity index is 493. The molecular weight excluding hydrogens is 312 g/mol. The fourth-order valence-corrected chi connectivity index (χ4v) is 2.89. The Morgan fingerprint density at radius 2 is 2.26 bits per heavy atom. The van der Waals surface area contributed by atoms with Crippen LogP contribution >= 0.6 is 15.9 Å². The molecule has 1 aromatic rings. The highest BCUT2D eigenvalue weighted by molar-refractivity contribution is 9.10. The summed E-state index contributed by atoms with van der Waals surface area (Å²) in [6, 6.07) is 3.67. The number of nitrogens with one attached hydrogen (secondary N) is 1. The summed E-state index contributed by atoms with van der Waals surface area (Å²) in [6.45, 7) is 4.51. The summed E-state index contributed by atoms with van der Waals surface area (Å²) in [7, 11) is 0. The molecule has 5 nitrogen and oxygen atoms in total. The molecule has 1 aromatic carbocycles. The van der Waals surface area contributed by atoms with Crippen molar-refractivity contribution in [1.29, 1.82) is 0 Å². The molecule has 19 heavy (non-hydrogen) atoms. The molecule has 0 amide bonds. The van der Waals surface area contributed by atoms with Crippen LogP contribution < -0.4 is 5.32 Å². The van der Waals surface area contributed by atoms with E-state index in [1.165, 1.54) is 0 Å². The van der Waals surface area contributed by atoms with E-state index in [0.717, 1.165) is 29.6 Å². The minimum Gasteiger partial charge on any atom is -0.381 e. The molecule has 2 atom stereocenters. The van der Waals surface area contributed by atoms with E-state index in [4.69, 9.17) is 4.74 Å². The quantitative estimate of drug-likeness (QED) is 0.679. The molecule has 0 radical (unpaired) electrons. The molecule has 2 rings (SSSR count). The predicted octanol–water partition coefficient (Wildman–Crippen LogP) is 3.65. The van der Waals surface area contributed by atoms with Crippen molar-refractivity contribution in [1.82, 2.24) is 0 Å². The molecule has 1 heterocycles. The number of hydrogen-bond acceptors (Lipinski definition) is 4. The van der Waals surface area contributed by atoms with E-state index < -0.39 is 0 Å². The highest BCUT2D eigenvalue weighted by Crippen LogP contribution is 2.32. The molecule has 0 spiro atoms. The van der Waals surface area contributed by atoms with Crippen LogP contribution in [0.5, 0.6) is 0 Å². The maximum Gasteiger partial charge on any atom is 0.274 e. The highest BCUT2D eigenvalue weighted by Gasteiger charge is 2.21. The summed E-state index contributed by atoms with van der Waals surface area (Å²) < 4.78 is 6.35. The highest BCUT2D eigenvalue weighted by atomic mass is 79.9.